The molecule has 1 N–H and O–H groups in total. The molecule has 0 aliphatic rings. The Bertz CT molecular complexity index is 921. The van der Waals surface area contributed by atoms with E-state index in [0.717, 1.165) is 35.5 Å². The van der Waals surface area contributed by atoms with Crippen molar-refractivity contribution in [3.05, 3.63) is 53.6 Å². The van der Waals surface area contributed by atoms with Crippen LogP contribution < -0.4 is 10.2 Å². The Morgan fingerprint density at radius 2 is 1.62 bits per heavy atom. The Hall–Kier alpha value is -2.55. The van der Waals surface area contributed by atoms with Crippen LogP contribution in [-0.2, 0) is 9.84 Å². The van der Waals surface area contributed by atoms with Crippen molar-refractivity contribution in [3.8, 4) is 0 Å². The Balaban J connectivity index is 2.21. The maximum Gasteiger partial charge on any atom is 0.501 e. The van der Waals surface area contributed by atoms with Crippen LogP contribution in [0, 0.1) is 6.92 Å². The molecule has 0 spiro atoms. The van der Waals surface area contributed by atoms with E-state index < -0.39 is 26.1 Å². The van der Waals surface area contributed by atoms with E-state index >= 15 is 0 Å². The zero-order valence-corrected chi connectivity index (χ0v) is 15.1. The summed E-state index contributed by atoms with van der Waals surface area (Å²) >= 11 is 0. The minimum atomic E-state index is -5.43. The lowest BCUT2D eigenvalue weighted by Gasteiger charge is -2.15. The van der Waals surface area contributed by atoms with E-state index in [9.17, 15) is 26.4 Å². The molecule has 5 nitrogen and oxygen atoms in total. The molecule has 0 saturated carbocycles. The van der Waals surface area contributed by atoms with E-state index in [4.69, 9.17) is 0 Å². The van der Waals surface area contributed by atoms with Gasteiger partial charge in [0.25, 0.3) is 15.7 Å². The fraction of sp³-hybridized carbons (Fsp3) is 0.235. The first-order chi connectivity index (χ1) is 11.9. The van der Waals surface area contributed by atoms with Gasteiger partial charge in [-0.1, -0.05) is 0 Å². The quantitative estimate of drug-likeness (QED) is 0.872. The summed E-state index contributed by atoms with van der Waals surface area (Å²) in [6, 6.07) is 9.00. The van der Waals surface area contributed by atoms with Gasteiger partial charge in [0.2, 0.25) is 0 Å². The predicted molar refractivity (Wildman–Crippen MR) is 93.1 cm³/mol. The zero-order valence-electron chi connectivity index (χ0n) is 14.3. The minimum absolute atomic E-state index is 0.0437. The molecule has 9 heteroatoms. The third-order valence-electron chi connectivity index (χ3n) is 3.71. The summed E-state index contributed by atoms with van der Waals surface area (Å²) in [6.07, 6.45) is 0. The summed E-state index contributed by atoms with van der Waals surface area (Å²) in [4.78, 5) is 13.2. The van der Waals surface area contributed by atoms with E-state index in [1.54, 1.807) is 6.07 Å². The summed E-state index contributed by atoms with van der Waals surface area (Å²) in [5.41, 5.74) is -3.04. The monoisotopic (exact) mass is 386 g/mol. The zero-order chi connectivity index (χ0) is 19.7. The SMILES string of the molecule is Cc1cc(N(C)C)ccc1NC(=O)c1ccc(S(=O)(=O)C(F)(F)F)cc1. The number of carbonyl (C=O) groups is 1. The lowest BCUT2D eigenvalue weighted by molar-refractivity contribution is -0.0436. The van der Waals surface area contributed by atoms with Gasteiger partial charge in [0.05, 0.1) is 4.90 Å². The highest BCUT2D eigenvalue weighted by Crippen LogP contribution is 2.30. The van der Waals surface area contributed by atoms with Crippen molar-refractivity contribution in [2.45, 2.75) is 17.3 Å². The molecule has 0 unspecified atom stereocenters. The van der Waals surface area contributed by atoms with Crippen LogP contribution in [0.15, 0.2) is 47.4 Å². The largest absolute Gasteiger partial charge is 0.501 e. The average molecular weight is 386 g/mol. The van der Waals surface area contributed by atoms with Crippen LogP contribution in [0.4, 0.5) is 24.5 Å². The molecule has 0 atom stereocenters. The molecule has 0 radical (unpaired) electrons. The molecule has 0 aromatic heterocycles. The topological polar surface area (TPSA) is 66.5 Å². The number of rotatable bonds is 4. The second-order valence-electron chi connectivity index (χ2n) is 5.82. The number of nitrogens with zero attached hydrogens (tertiary/aromatic N) is 1. The average Bonchev–Trinajstić information content (AvgIpc) is 2.55. The standard InChI is InChI=1S/C17H17F3N2O3S/c1-11-10-13(22(2)3)6-9-15(11)21-16(23)12-4-7-14(8-5-12)26(24,25)17(18,19)20/h4-10H,1-3H3,(H,21,23). The van der Waals surface area contributed by atoms with Gasteiger partial charge in [-0.25, -0.2) is 8.42 Å². The molecular formula is C17H17F3N2O3S. The van der Waals surface area contributed by atoms with Crippen molar-refractivity contribution in [1.29, 1.82) is 0 Å². The molecule has 0 bridgehead atoms. The van der Waals surface area contributed by atoms with E-state index in [1.807, 2.05) is 38.1 Å². The number of alkyl halides is 3. The molecule has 0 fully saturated rings. The maximum absolute atomic E-state index is 12.5. The normalized spacial score (nSPS) is 11.9. The van der Waals surface area contributed by atoms with Gasteiger partial charge in [-0.2, -0.15) is 13.2 Å². The second kappa shape index (κ2) is 6.99. The third kappa shape index (κ3) is 3.98. The van der Waals surface area contributed by atoms with E-state index in [2.05, 4.69) is 5.32 Å². The van der Waals surface area contributed by atoms with Crippen molar-refractivity contribution in [2.75, 3.05) is 24.3 Å². The Morgan fingerprint density at radius 1 is 1.04 bits per heavy atom. The fourth-order valence-corrected chi connectivity index (χ4v) is 2.94. The van der Waals surface area contributed by atoms with Crippen molar-refractivity contribution in [3.63, 3.8) is 0 Å². The van der Waals surface area contributed by atoms with Gasteiger partial charge in [0.15, 0.2) is 0 Å². The molecule has 26 heavy (non-hydrogen) atoms. The summed E-state index contributed by atoms with van der Waals surface area (Å²) in [6.45, 7) is 1.81. The summed E-state index contributed by atoms with van der Waals surface area (Å²) in [5.74, 6) is -0.554. The fourth-order valence-electron chi connectivity index (χ4n) is 2.18. The highest BCUT2D eigenvalue weighted by Gasteiger charge is 2.46. The van der Waals surface area contributed by atoms with Crippen LogP contribution >= 0.6 is 0 Å². The molecule has 0 aliphatic carbocycles. The van der Waals surface area contributed by atoms with Crippen molar-refractivity contribution in [1.82, 2.24) is 0 Å². The minimum Gasteiger partial charge on any atom is -0.378 e. The van der Waals surface area contributed by atoms with E-state index in [1.165, 1.54) is 0 Å². The van der Waals surface area contributed by atoms with Gasteiger partial charge >= 0.3 is 5.51 Å². The highest BCUT2D eigenvalue weighted by atomic mass is 32.2. The van der Waals surface area contributed by atoms with Crippen molar-refractivity contribution < 1.29 is 26.4 Å². The number of carbonyl (C=O) groups excluding carboxylic acids is 1. The lowest BCUT2D eigenvalue weighted by atomic mass is 10.1. The van der Waals surface area contributed by atoms with Crippen LogP contribution in [0.25, 0.3) is 0 Å². The number of hydrogen-bond acceptors (Lipinski definition) is 4. The molecular weight excluding hydrogens is 369 g/mol. The molecule has 2 aromatic carbocycles. The molecule has 2 rings (SSSR count). The number of nitrogens with one attached hydrogen (secondary N) is 1. The predicted octanol–water partition coefficient (Wildman–Crippen LogP) is 3.61. The molecule has 140 valence electrons. The number of benzene rings is 2. The first kappa shape index (κ1) is 19.8. The van der Waals surface area contributed by atoms with Crippen LogP contribution in [0.3, 0.4) is 0 Å². The Kier molecular flexibility index (Phi) is 5.31. The number of hydrogen-bond donors (Lipinski definition) is 1. The van der Waals surface area contributed by atoms with Gasteiger partial charge in [-0.05, 0) is 55.0 Å². The van der Waals surface area contributed by atoms with Crippen LogP contribution in [-0.4, -0.2) is 33.9 Å². The Morgan fingerprint density at radius 3 is 2.08 bits per heavy atom. The van der Waals surface area contributed by atoms with Gasteiger partial charge in [-0.15, -0.1) is 0 Å². The lowest BCUT2D eigenvalue weighted by Crippen LogP contribution is -2.23. The third-order valence-corrected chi connectivity index (χ3v) is 5.21. The van der Waals surface area contributed by atoms with Crippen molar-refractivity contribution in [2.24, 2.45) is 0 Å². The van der Waals surface area contributed by atoms with E-state index in [-0.39, 0.29) is 5.56 Å². The summed E-state index contributed by atoms with van der Waals surface area (Å²) in [7, 11) is -1.68. The van der Waals surface area contributed by atoms with Crippen LogP contribution in [0.2, 0.25) is 0 Å². The van der Waals surface area contributed by atoms with Gasteiger partial charge in [-0.3, -0.25) is 4.79 Å². The number of sulfone groups is 1. The number of anilines is 2. The number of amides is 1. The molecule has 0 saturated heterocycles. The van der Waals surface area contributed by atoms with Gasteiger partial charge in [0, 0.05) is 31.0 Å². The van der Waals surface area contributed by atoms with Crippen molar-refractivity contribution >= 4 is 27.1 Å². The van der Waals surface area contributed by atoms with Gasteiger partial charge < -0.3 is 10.2 Å². The van der Waals surface area contributed by atoms with Crippen LogP contribution in [0.1, 0.15) is 15.9 Å². The highest BCUT2D eigenvalue weighted by molar-refractivity contribution is 7.92. The first-order valence-electron chi connectivity index (χ1n) is 7.44. The smallest absolute Gasteiger partial charge is 0.378 e. The maximum atomic E-state index is 12.5. The van der Waals surface area contributed by atoms with Crippen LogP contribution in [0.5, 0.6) is 0 Å². The molecule has 2 aromatic rings. The first-order valence-corrected chi connectivity index (χ1v) is 8.92. The number of aryl methyl sites for hydroxylation is 1. The molecule has 0 heterocycles. The molecule has 1 amide bonds. The Labute approximate surface area is 149 Å². The number of halogens is 3. The summed E-state index contributed by atoms with van der Waals surface area (Å²) < 4.78 is 60.2. The molecule has 0 aliphatic heterocycles. The second-order valence-corrected chi connectivity index (χ2v) is 7.76. The van der Waals surface area contributed by atoms with E-state index in [0.29, 0.717) is 5.69 Å². The summed E-state index contributed by atoms with van der Waals surface area (Å²) in [5, 5.41) is 2.65. The van der Waals surface area contributed by atoms with Gasteiger partial charge in [0.1, 0.15) is 0 Å².